The van der Waals surface area contributed by atoms with Gasteiger partial charge in [0.1, 0.15) is 23.0 Å². The first kappa shape index (κ1) is 28.7. The minimum Gasteiger partial charge on any atom is -0.492 e. The van der Waals surface area contributed by atoms with Gasteiger partial charge in [-0.2, -0.15) is 15.2 Å². The van der Waals surface area contributed by atoms with E-state index in [0.717, 1.165) is 5.56 Å². The number of likely N-dealkylation sites (tertiary alicyclic amines) is 1. The summed E-state index contributed by atoms with van der Waals surface area (Å²) in [7, 11) is -3.98. The van der Waals surface area contributed by atoms with Crippen LogP contribution in [-0.2, 0) is 14.8 Å². The van der Waals surface area contributed by atoms with Gasteiger partial charge in [-0.05, 0) is 81.8 Å². The van der Waals surface area contributed by atoms with E-state index in [1.54, 1.807) is 4.90 Å². The Morgan fingerprint density at radius 3 is 2.46 bits per heavy atom. The molecule has 1 aliphatic heterocycles. The van der Waals surface area contributed by atoms with E-state index < -0.39 is 27.3 Å². The van der Waals surface area contributed by atoms with Gasteiger partial charge < -0.3 is 14.4 Å². The van der Waals surface area contributed by atoms with Crippen molar-refractivity contribution >= 4 is 27.7 Å². The molecular formula is C28H31ClN4O5S. The van der Waals surface area contributed by atoms with Gasteiger partial charge in [0.2, 0.25) is 10.0 Å². The zero-order valence-electron chi connectivity index (χ0n) is 22.1. The third kappa shape index (κ3) is 7.02. The predicted molar refractivity (Wildman–Crippen MR) is 145 cm³/mol. The molecule has 0 aromatic heterocycles. The Labute approximate surface area is 234 Å². The van der Waals surface area contributed by atoms with Gasteiger partial charge in [-0.15, -0.1) is 0 Å². The van der Waals surface area contributed by atoms with Crippen LogP contribution in [-0.4, -0.2) is 50.2 Å². The van der Waals surface area contributed by atoms with Gasteiger partial charge in [0, 0.05) is 24.0 Å². The summed E-state index contributed by atoms with van der Waals surface area (Å²) >= 11 is 6.09. The van der Waals surface area contributed by atoms with Crippen molar-refractivity contribution in [1.29, 1.82) is 10.5 Å². The van der Waals surface area contributed by atoms with E-state index in [0.29, 0.717) is 37.4 Å². The molecule has 2 fully saturated rings. The largest absolute Gasteiger partial charge is 0.492 e. The maximum Gasteiger partial charge on any atom is 0.410 e. The number of hydrogen-bond donors (Lipinski definition) is 1. The fraction of sp³-hybridized carbons (Fsp3) is 0.464. The van der Waals surface area contributed by atoms with Crippen molar-refractivity contribution in [3.8, 4) is 17.9 Å². The second-order valence-electron chi connectivity index (χ2n) is 11.0. The number of amides is 1. The monoisotopic (exact) mass is 570 g/mol. The summed E-state index contributed by atoms with van der Waals surface area (Å²) in [5.41, 5.74) is -0.571. The van der Waals surface area contributed by atoms with Gasteiger partial charge in [-0.25, -0.2) is 13.2 Å². The number of ether oxygens (including phenoxy) is 2. The summed E-state index contributed by atoms with van der Waals surface area (Å²) in [4.78, 5) is 14.4. The Bertz CT molecular complexity index is 1420. The third-order valence-electron chi connectivity index (χ3n) is 6.81. The summed E-state index contributed by atoms with van der Waals surface area (Å²) in [6.45, 7) is 6.55. The molecule has 1 unspecified atom stereocenters. The van der Waals surface area contributed by atoms with Crippen molar-refractivity contribution in [3.63, 3.8) is 0 Å². The Morgan fingerprint density at radius 2 is 1.87 bits per heavy atom. The number of halogens is 1. The number of hydrogen-bond acceptors (Lipinski definition) is 7. The first-order chi connectivity index (χ1) is 18.3. The van der Waals surface area contributed by atoms with Gasteiger partial charge in [-0.1, -0.05) is 23.7 Å². The number of carbonyl (C=O) groups is 1. The Hall–Kier alpha value is -3.31. The van der Waals surface area contributed by atoms with Crippen molar-refractivity contribution in [2.75, 3.05) is 19.7 Å². The molecule has 9 nitrogen and oxygen atoms in total. The molecule has 2 atom stereocenters. The Kier molecular flexibility index (Phi) is 8.13. The molecule has 1 aliphatic carbocycles. The highest BCUT2D eigenvalue weighted by molar-refractivity contribution is 7.89. The van der Waals surface area contributed by atoms with Crippen molar-refractivity contribution in [1.82, 2.24) is 9.62 Å². The molecule has 1 saturated carbocycles. The summed E-state index contributed by atoms with van der Waals surface area (Å²) in [5.74, 6) is 0.174. The number of benzene rings is 2. The van der Waals surface area contributed by atoms with Crippen LogP contribution < -0.4 is 9.46 Å². The lowest BCUT2D eigenvalue weighted by molar-refractivity contribution is 0.0111. The second kappa shape index (κ2) is 11.1. The fourth-order valence-electron chi connectivity index (χ4n) is 4.61. The number of sulfonamides is 1. The van der Waals surface area contributed by atoms with E-state index in [9.17, 15) is 23.7 Å². The van der Waals surface area contributed by atoms with Gasteiger partial charge in [0.05, 0.1) is 23.1 Å². The lowest BCUT2D eigenvalue weighted by atomic mass is 9.81. The van der Waals surface area contributed by atoms with E-state index in [-0.39, 0.29) is 34.7 Å². The summed E-state index contributed by atoms with van der Waals surface area (Å²) in [6, 6.07) is 15.6. The first-order valence-corrected chi connectivity index (χ1v) is 14.6. The minimum absolute atomic E-state index is 0.0579. The summed E-state index contributed by atoms with van der Waals surface area (Å²) in [5, 5.41) is 19.6. The van der Waals surface area contributed by atoms with Crippen molar-refractivity contribution in [2.24, 2.45) is 5.92 Å². The SMILES string of the molecule is CC(C)(C)OC(=O)N1CCC(c2ccc(Cl)cc2)[C@H](COc2ccc(S(=O)(=O)NC3(C#N)CC3)cc2C#N)C1. The van der Waals surface area contributed by atoms with Crippen LogP contribution in [0.15, 0.2) is 47.4 Å². The van der Waals surface area contributed by atoms with Crippen LogP contribution in [0.2, 0.25) is 5.02 Å². The van der Waals surface area contributed by atoms with Gasteiger partial charge >= 0.3 is 6.09 Å². The van der Waals surface area contributed by atoms with Crippen molar-refractivity contribution in [2.45, 2.75) is 62.0 Å². The zero-order chi connectivity index (χ0) is 28.4. The molecule has 1 N–H and O–H groups in total. The van der Waals surface area contributed by atoms with Gasteiger partial charge in [0.25, 0.3) is 0 Å². The number of nitrogens with zero attached hydrogens (tertiary/aromatic N) is 3. The highest BCUT2D eigenvalue weighted by Gasteiger charge is 2.47. The third-order valence-corrected chi connectivity index (χ3v) is 8.60. The quantitative estimate of drug-likeness (QED) is 0.497. The average molecular weight is 571 g/mol. The number of nitriles is 2. The smallest absolute Gasteiger partial charge is 0.410 e. The molecule has 2 aromatic carbocycles. The van der Waals surface area contributed by atoms with E-state index in [1.807, 2.05) is 57.2 Å². The van der Waals surface area contributed by atoms with Crippen LogP contribution in [0, 0.1) is 28.6 Å². The van der Waals surface area contributed by atoms with Crippen LogP contribution >= 0.6 is 11.6 Å². The lowest BCUT2D eigenvalue weighted by Gasteiger charge is -2.39. The molecule has 39 heavy (non-hydrogen) atoms. The molecule has 206 valence electrons. The molecular weight excluding hydrogens is 540 g/mol. The fourth-order valence-corrected chi connectivity index (χ4v) is 6.13. The predicted octanol–water partition coefficient (Wildman–Crippen LogP) is 4.97. The molecule has 4 rings (SSSR count). The molecule has 0 bridgehead atoms. The Balaban J connectivity index is 1.53. The number of piperidine rings is 1. The molecule has 2 aliphatic rings. The maximum absolute atomic E-state index is 12.8. The zero-order valence-corrected chi connectivity index (χ0v) is 23.7. The molecule has 0 radical (unpaired) electrons. The topological polar surface area (TPSA) is 133 Å². The van der Waals surface area contributed by atoms with E-state index in [1.165, 1.54) is 18.2 Å². The number of rotatable bonds is 7. The maximum atomic E-state index is 12.8. The van der Waals surface area contributed by atoms with Crippen LogP contribution in [0.5, 0.6) is 5.75 Å². The second-order valence-corrected chi connectivity index (χ2v) is 13.1. The summed E-state index contributed by atoms with van der Waals surface area (Å²) in [6.07, 6.45) is 1.19. The highest BCUT2D eigenvalue weighted by atomic mass is 35.5. The average Bonchev–Trinajstić information content (AvgIpc) is 3.65. The molecule has 1 amide bonds. The van der Waals surface area contributed by atoms with Crippen LogP contribution in [0.25, 0.3) is 0 Å². The van der Waals surface area contributed by atoms with Crippen LogP contribution in [0.1, 0.15) is 57.1 Å². The number of nitrogens with one attached hydrogen (secondary N) is 1. The minimum atomic E-state index is -3.98. The standard InChI is InChI=1S/C28H31ClN4O5S/c1-27(2,3)38-26(34)33-13-10-24(19-4-6-22(29)7-5-19)21(16-33)17-37-25-9-8-23(14-20(25)15-30)39(35,36)32-28(18-31)11-12-28/h4-9,14,21,24,32H,10-13,16-17H2,1-3H3/t21-,24?/m0/s1. The van der Waals surface area contributed by atoms with Gasteiger partial charge in [0.15, 0.2) is 0 Å². The Morgan fingerprint density at radius 1 is 1.18 bits per heavy atom. The molecule has 1 heterocycles. The molecule has 0 spiro atoms. The molecule has 2 aromatic rings. The first-order valence-electron chi connectivity index (χ1n) is 12.7. The van der Waals surface area contributed by atoms with E-state index in [4.69, 9.17) is 21.1 Å². The van der Waals surface area contributed by atoms with Crippen molar-refractivity contribution < 1.29 is 22.7 Å². The number of carbonyl (C=O) groups excluding carboxylic acids is 1. The van der Waals surface area contributed by atoms with Crippen molar-refractivity contribution in [3.05, 3.63) is 58.6 Å². The van der Waals surface area contributed by atoms with E-state index in [2.05, 4.69) is 4.72 Å². The molecule has 11 heteroatoms. The molecule has 1 saturated heterocycles. The van der Waals surface area contributed by atoms with Crippen LogP contribution in [0.3, 0.4) is 0 Å². The summed E-state index contributed by atoms with van der Waals surface area (Å²) < 4.78 is 39.6. The van der Waals surface area contributed by atoms with Gasteiger partial charge in [-0.3, -0.25) is 0 Å². The van der Waals surface area contributed by atoms with E-state index >= 15 is 0 Å². The normalized spacial score (nSPS) is 20.4. The lowest BCUT2D eigenvalue weighted by Crippen LogP contribution is -2.46. The van der Waals surface area contributed by atoms with Crippen LogP contribution in [0.4, 0.5) is 4.79 Å². The highest BCUT2D eigenvalue weighted by Crippen LogP contribution is 2.37.